The molecule has 0 radical (unpaired) electrons. The molecule has 0 bridgehead atoms. The van der Waals surface area contributed by atoms with Crippen LogP contribution in [0.3, 0.4) is 0 Å². The van der Waals surface area contributed by atoms with Crippen molar-refractivity contribution in [2.24, 2.45) is 0 Å². The molecule has 0 spiro atoms. The van der Waals surface area contributed by atoms with Crippen LogP contribution in [0.1, 0.15) is 10.6 Å². The van der Waals surface area contributed by atoms with Gasteiger partial charge >= 0.3 is 0 Å². The molecular weight excluding hydrogens is 367 g/mol. The summed E-state index contributed by atoms with van der Waals surface area (Å²) in [5.74, 6) is 0.846. The minimum absolute atomic E-state index is 0.0279. The van der Waals surface area contributed by atoms with E-state index in [9.17, 15) is 4.79 Å². The van der Waals surface area contributed by atoms with Crippen LogP contribution in [-0.2, 0) is 0 Å². The molecule has 0 saturated carbocycles. The Hall–Kier alpha value is -1.82. The van der Waals surface area contributed by atoms with E-state index in [1.807, 2.05) is 48.5 Å². The molecule has 20 heavy (non-hydrogen) atoms. The summed E-state index contributed by atoms with van der Waals surface area (Å²) < 4.78 is 12.1. The van der Waals surface area contributed by atoms with E-state index in [2.05, 4.69) is 22.6 Å². The van der Waals surface area contributed by atoms with E-state index in [4.69, 9.17) is 9.15 Å². The van der Waals surface area contributed by atoms with E-state index >= 15 is 0 Å². The molecule has 0 unspecified atom stereocenters. The van der Waals surface area contributed by atoms with Crippen molar-refractivity contribution >= 4 is 39.3 Å². The zero-order valence-electron chi connectivity index (χ0n) is 10.5. The van der Waals surface area contributed by atoms with Crippen LogP contribution in [0.25, 0.3) is 11.0 Å². The van der Waals surface area contributed by atoms with Gasteiger partial charge in [-0.2, -0.15) is 0 Å². The average Bonchev–Trinajstić information content (AvgIpc) is 2.89. The Bertz CT molecular complexity index is 728. The van der Waals surface area contributed by atoms with E-state index in [1.54, 1.807) is 6.07 Å². The Morgan fingerprint density at radius 1 is 1.10 bits per heavy atom. The van der Waals surface area contributed by atoms with Gasteiger partial charge in [-0.15, -0.1) is 0 Å². The number of ether oxygens (including phenoxy) is 1. The zero-order chi connectivity index (χ0) is 13.9. The van der Waals surface area contributed by atoms with E-state index in [0.717, 1.165) is 8.96 Å². The monoisotopic (exact) mass is 378 g/mol. The maximum absolute atomic E-state index is 12.1. The average molecular weight is 378 g/mol. The second kappa shape index (κ2) is 5.66. The summed E-state index contributed by atoms with van der Waals surface area (Å²) in [5.41, 5.74) is 0.713. The van der Waals surface area contributed by atoms with E-state index < -0.39 is 0 Å². The van der Waals surface area contributed by atoms with E-state index in [0.29, 0.717) is 17.1 Å². The van der Waals surface area contributed by atoms with E-state index in [1.165, 1.54) is 0 Å². The molecule has 0 N–H and O–H groups in total. The van der Waals surface area contributed by atoms with Gasteiger partial charge in [0.2, 0.25) is 5.78 Å². The molecule has 3 rings (SSSR count). The third-order valence-corrected chi connectivity index (χ3v) is 3.54. The molecule has 1 aromatic heterocycles. The number of rotatable bonds is 4. The van der Waals surface area contributed by atoms with Gasteiger partial charge in [-0.1, -0.05) is 24.3 Å². The molecule has 4 heteroatoms. The molecule has 0 aliphatic heterocycles. The number of ketones is 1. The van der Waals surface area contributed by atoms with Crippen molar-refractivity contribution in [2.45, 2.75) is 0 Å². The first-order valence-electron chi connectivity index (χ1n) is 6.12. The highest BCUT2D eigenvalue weighted by molar-refractivity contribution is 14.1. The number of hydrogen-bond donors (Lipinski definition) is 0. The number of fused-ring (bicyclic) bond motifs is 1. The summed E-state index contributed by atoms with van der Waals surface area (Å²) in [6.45, 7) is -0.0279. The van der Waals surface area contributed by atoms with Gasteiger partial charge in [0, 0.05) is 8.96 Å². The Morgan fingerprint density at radius 3 is 2.75 bits per heavy atom. The standard InChI is InChI=1S/C16H11IO3/c17-12-5-3-6-13(9-12)19-10-14(18)16-8-11-4-1-2-7-15(11)20-16/h1-9H,10H2. The fourth-order valence-electron chi connectivity index (χ4n) is 1.90. The van der Waals surface area contributed by atoms with Crippen LogP contribution in [0, 0.1) is 3.57 Å². The lowest BCUT2D eigenvalue weighted by molar-refractivity contribution is 0.0896. The number of para-hydroxylation sites is 1. The van der Waals surface area contributed by atoms with Gasteiger partial charge in [-0.3, -0.25) is 4.79 Å². The quantitative estimate of drug-likeness (QED) is 0.502. The molecule has 0 aliphatic carbocycles. The van der Waals surface area contributed by atoms with Crippen LogP contribution in [0.15, 0.2) is 59.0 Å². The largest absolute Gasteiger partial charge is 0.485 e. The van der Waals surface area contributed by atoms with Gasteiger partial charge in [-0.25, -0.2) is 0 Å². The molecule has 2 aromatic carbocycles. The molecule has 0 aliphatic rings. The van der Waals surface area contributed by atoms with Crippen molar-refractivity contribution < 1.29 is 13.9 Å². The van der Waals surface area contributed by atoms with Crippen LogP contribution < -0.4 is 4.74 Å². The van der Waals surface area contributed by atoms with Crippen LogP contribution in [0.5, 0.6) is 5.75 Å². The molecule has 0 saturated heterocycles. The summed E-state index contributed by atoms with van der Waals surface area (Å²) in [6, 6.07) is 16.9. The molecule has 1 heterocycles. The number of halogens is 1. The number of carbonyl (C=O) groups is 1. The lowest BCUT2D eigenvalue weighted by Crippen LogP contribution is -2.10. The Kier molecular flexibility index (Phi) is 3.73. The normalized spacial score (nSPS) is 10.7. The first-order valence-corrected chi connectivity index (χ1v) is 7.20. The van der Waals surface area contributed by atoms with Gasteiger partial charge < -0.3 is 9.15 Å². The number of carbonyl (C=O) groups excluding carboxylic acids is 1. The number of benzene rings is 2. The van der Waals surface area contributed by atoms with Crippen molar-refractivity contribution in [2.75, 3.05) is 6.61 Å². The maximum atomic E-state index is 12.1. The first kappa shape index (κ1) is 13.2. The minimum atomic E-state index is -0.167. The fraction of sp³-hybridized carbons (Fsp3) is 0.0625. The van der Waals surface area contributed by atoms with Gasteiger partial charge in [0.15, 0.2) is 12.4 Å². The molecular formula is C16H11IO3. The maximum Gasteiger partial charge on any atom is 0.235 e. The van der Waals surface area contributed by atoms with Crippen LogP contribution in [0.4, 0.5) is 0 Å². The second-order valence-corrected chi connectivity index (χ2v) is 5.56. The van der Waals surface area contributed by atoms with E-state index in [-0.39, 0.29) is 12.4 Å². The fourth-order valence-corrected chi connectivity index (χ4v) is 2.41. The highest BCUT2D eigenvalue weighted by Gasteiger charge is 2.12. The molecule has 0 amide bonds. The predicted octanol–water partition coefficient (Wildman–Crippen LogP) is 4.30. The predicted molar refractivity (Wildman–Crippen MR) is 85.2 cm³/mol. The number of hydrogen-bond acceptors (Lipinski definition) is 3. The Morgan fingerprint density at radius 2 is 1.95 bits per heavy atom. The summed E-state index contributed by atoms with van der Waals surface area (Å²) >= 11 is 2.20. The summed E-state index contributed by atoms with van der Waals surface area (Å²) in [5, 5.41) is 0.921. The Balaban J connectivity index is 1.73. The van der Waals surface area contributed by atoms with Gasteiger partial charge in [0.25, 0.3) is 0 Å². The van der Waals surface area contributed by atoms with Crippen LogP contribution in [-0.4, -0.2) is 12.4 Å². The number of Topliss-reactive ketones (excluding diaryl/α,β-unsaturated/α-hetero) is 1. The first-order chi connectivity index (χ1) is 9.72. The highest BCUT2D eigenvalue weighted by Crippen LogP contribution is 2.20. The summed E-state index contributed by atoms with van der Waals surface area (Å²) in [6.07, 6.45) is 0. The lowest BCUT2D eigenvalue weighted by atomic mass is 10.2. The SMILES string of the molecule is O=C(COc1cccc(I)c1)c1cc2ccccc2o1. The third-order valence-electron chi connectivity index (χ3n) is 2.87. The Labute approximate surface area is 129 Å². The highest BCUT2D eigenvalue weighted by atomic mass is 127. The van der Waals surface area contributed by atoms with Gasteiger partial charge in [0.05, 0.1) is 0 Å². The van der Waals surface area contributed by atoms with Crippen molar-refractivity contribution in [3.05, 3.63) is 63.9 Å². The molecule has 0 fully saturated rings. The van der Waals surface area contributed by atoms with Gasteiger partial charge in [0.1, 0.15) is 11.3 Å². The van der Waals surface area contributed by atoms with Crippen molar-refractivity contribution in [3.8, 4) is 5.75 Å². The second-order valence-electron chi connectivity index (χ2n) is 4.32. The minimum Gasteiger partial charge on any atom is -0.485 e. The molecule has 0 atom stereocenters. The zero-order valence-corrected chi connectivity index (χ0v) is 12.7. The van der Waals surface area contributed by atoms with Crippen LogP contribution >= 0.6 is 22.6 Å². The van der Waals surface area contributed by atoms with Crippen molar-refractivity contribution in [1.29, 1.82) is 0 Å². The summed E-state index contributed by atoms with van der Waals surface area (Å²) in [7, 11) is 0. The van der Waals surface area contributed by atoms with Crippen molar-refractivity contribution in [1.82, 2.24) is 0 Å². The van der Waals surface area contributed by atoms with Gasteiger partial charge in [-0.05, 0) is 52.9 Å². The molecule has 3 nitrogen and oxygen atoms in total. The number of furan rings is 1. The molecule has 100 valence electrons. The summed E-state index contributed by atoms with van der Waals surface area (Å²) in [4.78, 5) is 12.1. The smallest absolute Gasteiger partial charge is 0.235 e. The van der Waals surface area contributed by atoms with Crippen molar-refractivity contribution in [3.63, 3.8) is 0 Å². The topological polar surface area (TPSA) is 39.4 Å². The molecule has 3 aromatic rings. The lowest BCUT2D eigenvalue weighted by Gasteiger charge is -2.04. The van der Waals surface area contributed by atoms with Crippen LogP contribution in [0.2, 0.25) is 0 Å². The third kappa shape index (κ3) is 2.85.